The Bertz CT molecular complexity index is 4460. The summed E-state index contributed by atoms with van der Waals surface area (Å²) in [5, 5.41) is 55.4. The third kappa shape index (κ3) is 26.6. The Morgan fingerprint density at radius 2 is 1.04 bits per heavy atom. The standard InChI is InChI=1S/C77H105ClN20O15S/c1-7-41(6)65-76(113)94-58(36-99)67(104)87-35-61(101)88-51(20-14-26-84-77(82)83)68(105)93-57(32-60(80)100)70(107)92-56(30-46-34-86-53-31-47(78)23-24-49(46)53)73(110)96-63(39(2)3)74(111)90-52(19-12-13-25-79)69(106)91-55(29-45-33-85-50-18-11-10-17-48(45)50)72(109)97-64(40(4)5)75(112)95-59(66(81)103)37-114-38-62(102)89-54(71(108)98-65)28-42-21-22-43-15-8-9-16-44(43)27-42/h8-11,15-18,21-24,27,31,33-34,39-41,51-52,54-59,63-65,85-86,99H,7,12-14,19-20,25-26,28-30,32,35-38,79H2,1-6H3,(H2,80,100)(H2,81,103)(H,87,104)(H,88,101)(H,89,102)(H,90,111)(H,91,106)(H,92,107)(H,93,105)(H,94,113)(H,95,112)(H,96,110)(H,97,109)(H,98,108)(H4,82,83,84)/t41-,51-,52-,54+,55-,56-,57-,58-,59-,63-,64-,65-/m0/s1. The van der Waals surface area contributed by atoms with E-state index in [-0.39, 0.29) is 70.2 Å². The largest absolute Gasteiger partial charge is 0.394 e. The van der Waals surface area contributed by atoms with Gasteiger partial charge in [-0.1, -0.05) is 126 Å². The highest BCUT2D eigenvalue weighted by atomic mass is 35.5. The van der Waals surface area contributed by atoms with Gasteiger partial charge in [0.05, 0.1) is 25.3 Å². The van der Waals surface area contributed by atoms with Crippen molar-refractivity contribution in [2.24, 2.45) is 40.7 Å². The van der Waals surface area contributed by atoms with E-state index >= 15 is 14.4 Å². The molecular formula is C77H105ClN20O15S. The molecule has 616 valence electrons. The van der Waals surface area contributed by atoms with Crippen molar-refractivity contribution >= 4 is 145 Å². The molecule has 25 N–H and O–H groups in total. The highest BCUT2D eigenvalue weighted by Gasteiger charge is 2.39. The maximum absolute atomic E-state index is 15.1. The van der Waals surface area contributed by atoms with Crippen LogP contribution in [0.5, 0.6) is 0 Å². The van der Waals surface area contributed by atoms with Gasteiger partial charge in [-0.05, 0) is 102 Å². The number of aromatic nitrogens is 2. The molecule has 0 spiro atoms. The van der Waals surface area contributed by atoms with E-state index in [1.165, 1.54) is 0 Å². The summed E-state index contributed by atoms with van der Waals surface area (Å²) < 4.78 is 0. The number of unbranched alkanes of at least 4 members (excludes halogenated alkanes) is 1. The molecule has 114 heavy (non-hydrogen) atoms. The van der Waals surface area contributed by atoms with Crippen molar-refractivity contribution in [3.8, 4) is 0 Å². The summed E-state index contributed by atoms with van der Waals surface area (Å²) in [5.41, 5.74) is 25.8. The molecule has 1 aliphatic heterocycles. The van der Waals surface area contributed by atoms with Crippen LogP contribution in [0.25, 0.3) is 32.6 Å². The van der Waals surface area contributed by atoms with Crippen LogP contribution in [0.3, 0.4) is 0 Å². The fraction of sp³-hybridized carbons (Fsp3) is 0.468. The zero-order valence-electron chi connectivity index (χ0n) is 64.4. The molecule has 1 aliphatic rings. The molecule has 35 nitrogen and oxygen atoms in total. The van der Waals surface area contributed by atoms with Gasteiger partial charge in [0, 0.05) is 70.8 Å². The first-order chi connectivity index (χ1) is 54.3. The number of para-hydroxylation sites is 1. The average Bonchev–Trinajstić information content (AvgIpc) is 1.66. The van der Waals surface area contributed by atoms with E-state index in [2.05, 4.69) is 79.1 Å². The number of amides is 14. The number of carbonyl (C=O) groups is 14. The Hall–Kier alpha value is -11.4. The highest BCUT2D eigenvalue weighted by Crippen LogP contribution is 2.25. The fourth-order valence-electron chi connectivity index (χ4n) is 12.8. The fourth-order valence-corrected chi connectivity index (χ4v) is 13.9. The number of aliphatic hydroxyl groups excluding tert-OH is 1. The molecule has 4 aromatic carbocycles. The Morgan fingerprint density at radius 3 is 1.64 bits per heavy atom. The lowest BCUT2D eigenvalue weighted by Gasteiger charge is -2.29. The lowest BCUT2D eigenvalue weighted by atomic mass is 9.96. The van der Waals surface area contributed by atoms with Crippen LogP contribution in [-0.4, -0.2) is 208 Å². The van der Waals surface area contributed by atoms with Crippen molar-refractivity contribution in [2.45, 2.75) is 172 Å². The number of fused-ring (bicyclic) bond motifs is 3. The molecule has 1 fully saturated rings. The topological polar surface area (TPSA) is 575 Å². The molecule has 12 atom stereocenters. The van der Waals surface area contributed by atoms with E-state index in [4.69, 9.17) is 39.9 Å². The molecule has 0 bridgehead atoms. The van der Waals surface area contributed by atoms with Crippen molar-refractivity contribution in [3.05, 3.63) is 119 Å². The Morgan fingerprint density at radius 1 is 0.535 bits per heavy atom. The molecule has 7 rings (SSSR count). The maximum Gasteiger partial charge on any atom is 0.245 e. The van der Waals surface area contributed by atoms with Gasteiger partial charge in [0.2, 0.25) is 82.7 Å². The van der Waals surface area contributed by atoms with Crippen molar-refractivity contribution in [1.82, 2.24) is 79.1 Å². The Kier molecular flexibility index (Phi) is 34.4. The van der Waals surface area contributed by atoms with Crippen molar-refractivity contribution in [2.75, 3.05) is 37.7 Å². The number of primary amides is 2. The first kappa shape index (κ1) is 89.8. The van der Waals surface area contributed by atoms with Crippen LogP contribution in [0.15, 0.2) is 97.3 Å². The van der Waals surface area contributed by atoms with Gasteiger partial charge in [0.25, 0.3) is 0 Å². The minimum Gasteiger partial charge on any atom is -0.394 e. The minimum atomic E-state index is -1.88. The van der Waals surface area contributed by atoms with Gasteiger partial charge in [-0.3, -0.25) is 72.5 Å². The smallest absolute Gasteiger partial charge is 0.245 e. The van der Waals surface area contributed by atoms with Gasteiger partial charge in [0.1, 0.15) is 66.5 Å². The molecule has 0 unspecified atom stereocenters. The lowest BCUT2D eigenvalue weighted by Crippen LogP contribution is -2.62. The van der Waals surface area contributed by atoms with Gasteiger partial charge < -0.3 is 107 Å². The second-order valence-electron chi connectivity index (χ2n) is 28.9. The van der Waals surface area contributed by atoms with Crippen LogP contribution >= 0.6 is 23.4 Å². The molecule has 2 aromatic heterocycles. The first-order valence-electron chi connectivity index (χ1n) is 37.7. The molecule has 37 heteroatoms. The summed E-state index contributed by atoms with van der Waals surface area (Å²) in [6, 6.07) is 7.80. The predicted octanol–water partition coefficient (Wildman–Crippen LogP) is -1.22. The summed E-state index contributed by atoms with van der Waals surface area (Å²) in [5.74, 6) is -16.8. The zero-order valence-corrected chi connectivity index (χ0v) is 66.0. The van der Waals surface area contributed by atoms with Crippen molar-refractivity contribution < 1.29 is 72.2 Å². The number of guanidine groups is 1. The predicted molar refractivity (Wildman–Crippen MR) is 430 cm³/mol. The van der Waals surface area contributed by atoms with Crippen molar-refractivity contribution in [1.29, 1.82) is 5.41 Å². The monoisotopic (exact) mass is 1620 g/mol. The van der Waals surface area contributed by atoms with Gasteiger partial charge in [-0.15, -0.1) is 11.8 Å². The quantitative estimate of drug-likeness (QED) is 0.0215. The van der Waals surface area contributed by atoms with E-state index in [1.54, 1.807) is 102 Å². The average molecular weight is 1620 g/mol. The lowest BCUT2D eigenvalue weighted by molar-refractivity contribution is -0.137. The van der Waals surface area contributed by atoms with Gasteiger partial charge in [-0.2, -0.15) is 0 Å². The third-order valence-corrected chi connectivity index (χ3v) is 20.7. The number of halogens is 1. The second kappa shape index (κ2) is 43.6. The van der Waals surface area contributed by atoms with E-state index in [0.29, 0.717) is 49.9 Å². The van der Waals surface area contributed by atoms with E-state index in [1.807, 2.05) is 36.4 Å². The minimum absolute atomic E-state index is 0.0170. The number of hydrogen-bond acceptors (Lipinski definition) is 18. The molecule has 0 radical (unpaired) electrons. The number of aromatic amines is 2. The zero-order chi connectivity index (χ0) is 83.5. The summed E-state index contributed by atoms with van der Waals surface area (Å²) in [4.78, 5) is 207. The normalized spacial score (nSPS) is 23.0. The summed E-state index contributed by atoms with van der Waals surface area (Å²) in [6.07, 6.45) is 2.27. The second-order valence-corrected chi connectivity index (χ2v) is 30.3. The number of nitrogens with one attached hydrogen (secondary N) is 16. The van der Waals surface area contributed by atoms with Crippen LogP contribution < -0.4 is 92.1 Å². The number of nitrogens with two attached hydrogens (primary N) is 4. The van der Waals surface area contributed by atoms with Crippen LogP contribution in [0.2, 0.25) is 5.02 Å². The van der Waals surface area contributed by atoms with E-state index in [0.717, 1.165) is 22.5 Å². The van der Waals surface area contributed by atoms with Crippen LogP contribution in [0.4, 0.5) is 0 Å². The number of carbonyl (C=O) groups excluding carboxylic acids is 14. The first-order valence-corrected chi connectivity index (χ1v) is 39.2. The van der Waals surface area contributed by atoms with Gasteiger partial charge in [0.15, 0.2) is 5.96 Å². The number of hydrogen-bond donors (Lipinski definition) is 21. The Labute approximate surface area is 667 Å². The Balaban J connectivity index is 1.27. The van der Waals surface area contributed by atoms with E-state index < -0.39 is 198 Å². The van der Waals surface area contributed by atoms with Crippen molar-refractivity contribution in [3.63, 3.8) is 0 Å². The van der Waals surface area contributed by atoms with Gasteiger partial charge >= 0.3 is 0 Å². The van der Waals surface area contributed by atoms with E-state index in [9.17, 15) is 57.8 Å². The third-order valence-electron chi connectivity index (χ3n) is 19.4. The van der Waals surface area contributed by atoms with Crippen LogP contribution in [0.1, 0.15) is 103 Å². The number of rotatable bonds is 22. The number of aliphatic hydroxyl groups is 1. The van der Waals surface area contributed by atoms with Gasteiger partial charge in [-0.25, -0.2) is 0 Å². The molecular weight excluding hydrogens is 1510 g/mol. The molecule has 1 saturated heterocycles. The summed E-state index contributed by atoms with van der Waals surface area (Å²) in [7, 11) is 0. The number of thioether (sulfide) groups is 1. The summed E-state index contributed by atoms with van der Waals surface area (Å²) >= 11 is 7.20. The number of H-pyrrole nitrogens is 2. The van der Waals surface area contributed by atoms with Crippen LogP contribution in [0, 0.1) is 23.2 Å². The maximum atomic E-state index is 15.1. The summed E-state index contributed by atoms with van der Waals surface area (Å²) in [6.45, 7) is 7.99. The van der Waals surface area contributed by atoms with Crippen LogP contribution in [-0.2, 0) is 86.4 Å². The highest BCUT2D eigenvalue weighted by molar-refractivity contribution is 8.00. The molecule has 0 aliphatic carbocycles. The SMILES string of the molecule is CC[C@H](C)[C@@H]1NC(=O)[C@@H](Cc2ccc3ccccc3c2)NC(=O)CSC[C@@H](C(N)=O)NC(=O)[C@H](C(C)C)NC(=O)[C@H](Cc2c[nH]c3ccccc23)NC(=O)[C@H](CCCCN)NC(=O)[C@H](C(C)C)NC(=O)[C@H](Cc2c[nH]c3cc(Cl)ccc23)NC(=O)[C@H](CC(N)=O)NC(=O)[C@H](CCCNC(=N)N)NC(=O)CNC(=O)[C@H](CO)NC1=O. The molecule has 3 heterocycles. The number of benzene rings is 4. The molecule has 0 saturated carbocycles. The molecule has 6 aromatic rings. The molecule has 14 amide bonds.